The van der Waals surface area contributed by atoms with Gasteiger partial charge in [-0.2, -0.15) is 0 Å². The van der Waals surface area contributed by atoms with Crippen molar-refractivity contribution < 1.29 is 33.5 Å². The van der Waals surface area contributed by atoms with Gasteiger partial charge in [0, 0.05) is 11.3 Å². The molecule has 2 aliphatic rings. The van der Waals surface area contributed by atoms with Crippen molar-refractivity contribution in [3.8, 4) is 0 Å². The maximum atomic E-state index is 12.5. The first-order chi connectivity index (χ1) is 12.5. The van der Waals surface area contributed by atoms with Crippen LogP contribution in [0.2, 0.25) is 0 Å². The monoisotopic (exact) mass is 381 g/mol. The molecule has 0 aliphatic carbocycles. The summed E-state index contributed by atoms with van der Waals surface area (Å²) < 4.78 is 10.0. The summed E-state index contributed by atoms with van der Waals surface area (Å²) >= 11 is 1.25. The van der Waals surface area contributed by atoms with Crippen molar-refractivity contribution in [2.24, 2.45) is 5.16 Å². The molecule has 0 bridgehead atoms. The zero-order valence-electron chi connectivity index (χ0n) is 13.6. The maximum Gasteiger partial charge on any atom is 0.354 e. The predicted octanol–water partition coefficient (Wildman–Crippen LogP) is -0.327. The van der Waals surface area contributed by atoms with Crippen molar-refractivity contribution in [3.63, 3.8) is 0 Å². The number of carboxylic acid groups (broad SMARTS) is 1. The van der Waals surface area contributed by atoms with E-state index >= 15 is 0 Å². The number of hydrogen-bond donors (Lipinski definition) is 3. The summed E-state index contributed by atoms with van der Waals surface area (Å²) in [6.07, 6.45) is 1.35. The molecule has 0 unspecified atom stereocenters. The molecule has 2 atom stereocenters. The van der Waals surface area contributed by atoms with Crippen LogP contribution in [0, 0.1) is 0 Å². The third-order valence-corrected chi connectivity index (χ3v) is 4.93. The molecule has 0 radical (unpaired) electrons. The minimum Gasteiger partial charge on any atom is -0.480 e. The van der Waals surface area contributed by atoms with E-state index in [1.54, 1.807) is 6.07 Å². The number of rotatable bonds is 6. The number of carbonyl (C=O) groups excluding carboxylic acids is 2. The van der Waals surface area contributed by atoms with E-state index in [9.17, 15) is 19.5 Å². The molecular weight excluding hydrogens is 366 g/mol. The highest BCUT2D eigenvalue weighted by Gasteiger charge is 2.39. The molecule has 11 heteroatoms. The molecule has 26 heavy (non-hydrogen) atoms. The molecule has 1 aromatic rings. The Morgan fingerprint density at radius 3 is 3.00 bits per heavy atom. The number of nitrogens with zero attached hydrogens (tertiary/aromatic N) is 1. The highest BCUT2D eigenvalue weighted by molar-refractivity contribution is 8.00. The molecule has 0 spiro atoms. The smallest absolute Gasteiger partial charge is 0.354 e. The van der Waals surface area contributed by atoms with E-state index in [-0.39, 0.29) is 23.8 Å². The average molecular weight is 381 g/mol. The van der Waals surface area contributed by atoms with Crippen LogP contribution in [0.5, 0.6) is 0 Å². The first-order valence-corrected chi connectivity index (χ1v) is 8.52. The molecule has 138 valence electrons. The summed E-state index contributed by atoms with van der Waals surface area (Å²) in [5, 5.41) is 17.6. The second-order valence-electron chi connectivity index (χ2n) is 5.32. The Balaban J connectivity index is 1.77. The molecule has 10 nitrogen and oxygen atoms in total. The average Bonchev–Trinajstić information content (AvgIpc) is 3.27. The molecule has 0 aromatic carbocycles. The molecule has 1 aromatic heterocycles. The lowest BCUT2D eigenvalue weighted by atomic mass is 10.2. The Kier molecular flexibility index (Phi) is 5.16. The predicted molar refractivity (Wildman–Crippen MR) is 89.2 cm³/mol. The van der Waals surface area contributed by atoms with E-state index < -0.39 is 29.3 Å². The van der Waals surface area contributed by atoms with E-state index in [2.05, 4.69) is 20.6 Å². The van der Waals surface area contributed by atoms with Gasteiger partial charge in [-0.25, -0.2) is 9.59 Å². The number of nitrogens with one attached hydrogen (secondary N) is 2. The van der Waals surface area contributed by atoms with Crippen molar-refractivity contribution in [2.75, 3.05) is 19.5 Å². The summed E-state index contributed by atoms with van der Waals surface area (Å²) in [5.74, 6) is -2.03. The summed E-state index contributed by atoms with van der Waals surface area (Å²) in [6, 6.07) is 1.72. The molecule has 3 rings (SSSR count). The van der Waals surface area contributed by atoms with Crippen LogP contribution in [0.1, 0.15) is 5.76 Å². The van der Waals surface area contributed by atoms with Gasteiger partial charge in [0.25, 0.3) is 5.91 Å². The Hall–Kier alpha value is -2.95. The lowest BCUT2D eigenvalue weighted by Crippen LogP contribution is -2.55. The SMILES string of the molecule is CO/N=C(\C(=O)N[C@H](C(=O)O)[C@@H]1NC2=C(COC2=O)CS1)c1ccco1. The highest BCUT2D eigenvalue weighted by atomic mass is 32.2. The van der Waals surface area contributed by atoms with Crippen LogP contribution in [0.4, 0.5) is 0 Å². The van der Waals surface area contributed by atoms with Crippen LogP contribution >= 0.6 is 11.8 Å². The second kappa shape index (κ2) is 7.52. The Bertz CT molecular complexity index is 787. The molecule has 1 amide bonds. The van der Waals surface area contributed by atoms with Crippen LogP contribution in [0.3, 0.4) is 0 Å². The van der Waals surface area contributed by atoms with Gasteiger partial charge < -0.3 is 29.7 Å². The zero-order chi connectivity index (χ0) is 18.7. The van der Waals surface area contributed by atoms with Gasteiger partial charge in [0.15, 0.2) is 11.8 Å². The number of carbonyl (C=O) groups is 3. The number of carboxylic acids is 1. The molecule has 0 saturated carbocycles. The first kappa shape index (κ1) is 17.9. The quantitative estimate of drug-likeness (QED) is 0.343. The van der Waals surface area contributed by atoms with Crippen LogP contribution in [0.15, 0.2) is 39.2 Å². The zero-order valence-corrected chi connectivity index (χ0v) is 14.4. The Morgan fingerprint density at radius 2 is 2.35 bits per heavy atom. The lowest BCUT2D eigenvalue weighted by Gasteiger charge is -2.29. The summed E-state index contributed by atoms with van der Waals surface area (Å²) in [6.45, 7) is 0.189. The van der Waals surface area contributed by atoms with Crippen LogP contribution in [-0.4, -0.2) is 59.5 Å². The Labute approximate surface area is 151 Å². The number of oxime groups is 1. The standard InChI is InChI=1S/C15H15N3O7S/c1-23-18-10(8-3-2-4-24-8)12(19)16-11(14(20)21)13-17-9-7(6-26-13)5-25-15(9)22/h2-4,11,13,17H,5-6H2,1H3,(H,16,19)(H,20,21)/b18-10-/t11-,13+/m0/s1. The number of amides is 1. The van der Waals surface area contributed by atoms with Gasteiger partial charge >= 0.3 is 11.9 Å². The van der Waals surface area contributed by atoms with Gasteiger partial charge in [-0.3, -0.25) is 4.79 Å². The van der Waals surface area contributed by atoms with Crippen molar-refractivity contribution >= 4 is 35.3 Å². The minimum absolute atomic E-state index is 0.127. The van der Waals surface area contributed by atoms with Crippen molar-refractivity contribution in [2.45, 2.75) is 11.4 Å². The lowest BCUT2D eigenvalue weighted by molar-refractivity contribution is -0.141. The fraction of sp³-hybridized carbons (Fsp3) is 0.333. The Morgan fingerprint density at radius 1 is 1.54 bits per heavy atom. The fourth-order valence-corrected chi connectivity index (χ4v) is 3.64. The third kappa shape index (κ3) is 3.52. The van der Waals surface area contributed by atoms with Gasteiger partial charge in [0.05, 0.1) is 6.26 Å². The third-order valence-electron chi connectivity index (χ3n) is 3.67. The second-order valence-corrected chi connectivity index (χ2v) is 6.45. The van der Waals surface area contributed by atoms with E-state index in [1.165, 1.54) is 31.2 Å². The van der Waals surface area contributed by atoms with E-state index in [0.717, 1.165) is 5.57 Å². The van der Waals surface area contributed by atoms with Crippen molar-refractivity contribution in [3.05, 3.63) is 35.4 Å². The summed E-state index contributed by atoms with van der Waals surface area (Å²) in [5.41, 5.74) is 0.819. The largest absolute Gasteiger partial charge is 0.480 e. The highest BCUT2D eigenvalue weighted by Crippen LogP contribution is 2.28. The van der Waals surface area contributed by atoms with Gasteiger partial charge in [0.2, 0.25) is 5.71 Å². The minimum atomic E-state index is -1.33. The molecule has 2 aliphatic heterocycles. The number of aliphatic carboxylic acids is 1. The number of furan rings is 1. The maximum absolute atomic E-state index is 12.5. The fourth-order valence-electron chi connectivity index (χ4n) is 2.45. The molecular formula is C15H15N3O7S. The van der Waals surface area contributed by atoms with Gasteiger partial charge in [0.1, 0.15) is 24.8 Å². The first-order valence-electron chi connectivity index (χ1n) is 7.47. The van der Waals surface area contributed by atoms with Gasteiger partial charge in [-0.1, -0.05) is 5.16 Å². The summed E-state index contributed by atoms with van der Waals surface area (Å²) in [4.78, 5) is 40.5. The van der Waals surface area contributed by atoms with E-state index in [0.29, 0.717) is 5.75 Å². The number of hydrogen-bond acceptors (Lipinski definition) is 9. The van der Waals surface area contributed by atoms with Gasteiger partial charge in [-0.15, -0.1) is 11.8 Å². The van der Waals surface area contributed by atoms with Crippen LogP contribution < -0.4 is 10.6 Å². The number of cyclic esters (lactones) is 1. The van der Waals surface area contributed by atoms with E-state index in [1.807, 2.05) is 0 Å². The number of ether oxygens (including phenoxy) is 1. The van der Waals surface area contributed by atoms with Crippen LogP contribution in [-0.2, 0) is 24.0 Å². The molecule has 0 fully saturated rings. The molecule has 3 N–H and O–H groups in total. The molecule has 3 heterocycles. The number of thioether (sulfide) groups is 1. The van der Waals surface area contributed by atoms with Crippen molar-refractivity contribution in [1.82, 2.24) is 10.6 Å². The normalized spacial score (nSPS) is 20.7. The van der Waals surface area contributed by atoms with Crippen molar-refractivity contribution in [1.29, 1.82) is 0 Å². The van der Waals surface area contributed by atoms with Gasteiger partial charge in [-0.05, 0) is 12.1 Å². The van der Waals surface area contributed by atoms with Crippen LogP contribution in [0.25, 0.3) is 0 Å². The molecule has 0 saturated heterocycles. The summed E-state index contributed by atoms with van der Waals surface area (Å²) in [7, 11) is 1.25. The van der Waals surface area contributed by atoms with E-state index in [4.69, 9.17) is 9.15 Å². The topological polar surface area (TPSA) is 139 Å². The number of esters is 1.